The van der Waals surface area contributed by atoms with Crippen molar-refractivity contribution in [3.8, 4) is 0 Å². The second-order valence-electron chi connectivity index (χ2n) is 5.18. The predicted molar refractivity (Wildman–Crippen MR) is 62.0 cm³/mol. The Bertz CT molecular complexity index is 249. The third-order valence-corrected chi connectivity index (χ3v) is 3.90. The van der Waals surface area contributed by atoms with E-state index in [1.54, 1.807) is 4.90 Å². The van der Waals surface area contributed by atoms with Crippen LogP contribution in [0.3, 0.4) is 0 Å². The maximum atomic E-state index is 11.7. The number of rotatable bonds is 3. The molecule has 2 rings (SSSR count). The summed E-state index contributed by atoms with van der Waals surface area (Å²) in [5, 5.41) is 12.8. The van der Waals surface area contributed by atoms with Crippen LogP contribution in [-0.2, 0) is 4.79 Å². The molecule has 1 heterocycles. The third kappa shape index (κ3) is 2.74. The molecule has 1 unspecified atom stereocenters. The summed E-state index contributed by atoms with van der Waals surface area (Å²) in [4.78, 5) is 13.4. The van der Waals surface area contributed by atoms with Gasteiger partial charge >= 0.3 is 0 Å². The van der Waals surface area contributed by atoms with Crippen LogP contribution in [0, 0.1) is 5.92 Å². The molecule has 0 spiro atoms. The van der Waals surface area contributed by atoms with Crippen molar-refractivity contribution in [1.29, 1.82) is 0 Å². The first-order valence-electron chi connectivity index (χ1n) is 6.33. The fourth-order valence-corrected chi connectivity index (χ4v) is 2.67. The summed E-state index contributed by atoms with van der Waals surface area (Å²) >= 11 is 0. The number of aliphatic hydroxyl groups is 1. The molecule has 4 nitrogen and oxygen atoms in total. The molecule has 1 amide bonds. The Labute approximate surface area is 97.0 Å². The zero-order valence-electron chi connectivity index (χ0n) is 9.98. The van der Waals surface area contributed by atoms with Gasteiger partial charge in [-0.3, -0.25) is 4.79 Å². The maximum Gasteiger partial charge on any atom is 0.239 e. The Morgan fingerprint density at radius 1 is 1.31 bits per heavy atom. The van der Waals surface area contributed by atoms with E-state index in [0.717, 1.165) is 45.2 Å². The maximum absolute atomic E-state index is 11.7. The number of likely N-dealkylation sites (tertiary alicyclic amines) is 1. The molecule has 2 fully saturated rings. The number of nitrogens with zero attached hydrogens (tertiary/aromatic N) is 1. The fourth-order valence-electron chi connectivity index (χ4n) is 2.67. The van der Waals surface area contributed by atoms with Gasteiger partial charge in [0.2, 0.25) is 5.91 Å². The Balaban J connectivity index is 1.70. The van der Waals surface area contributed by atoms with Gasteiger partial charge in [0.1, 0.15) is 0 Å². The van der Waals surface area contributed by atoms with Crippen LogP contribution < -0.4 is 5.32 Å². The summed E-state index contributed by atoms with van der Waals surface area (Å²) in [5.74, 6) is 0.873. The zero-order chi connectivity index (χ0) is 11.5. The van der Waals surface area contributed by atoms with Crippen LogP contribution >= 0.6 is 0 Å². The molecule has 1 saturated heterocycles. The average Bonchev–Trinajstić information content (AvgIpc) is 2.60. The SMILES string of the molecule is CN1CCC(NCC2CCC(O)CC2)C1=O. The van der Waals surface area contributed by atoms with Gasteiger partial charge in [-0.05, 0) is 44.6 Å². The van der Waals surface area contributed by atoms with Gasteiger partial charge in [-0.15, -0.1) is 0 Å². The molecule has 0 radical (unpaired) electrons. The van der Waals surface area contributed by atoms with E-state index in [0.29, 0.717) is 5.92 Å². The normalized spacial score (nSPS) is 35.8. The average molecular weight is 226 g/mol. The molecule has 92 valence electrons. The van der Waals surface area contributed by atoms with Crippen LogP contribution in [0.15, 0.2) is 0 Å². The molecule has 16 heavy (non-hydrogen) atoms. The van der Waals surface area contributed by atoms with Gasteiger partial charge in [0.15, 0.2) is 0 Å². The van der Waals surface area contributed by atoms with Crippen LogP contribution in [0.4, 0.5) is 0 Å². The molecule has 0 bridgehead atoms. The smallest absolute Gasteiger partial charge is 0.239 e. The van der Waals surface area contributed by atoms with Gasteiger partial charge in [-0.2, -0.15) is 0 Å². The zero-order valence-corrected chi connectivity index (χ0v) is 9.98. The highest BCUT2D eigenvalue weighted by Crippen LogP contribution is 2.23. The van der Waals surface area contributed by atoms with Gasteiger partial charge < -0.3 is 15.3 Å². The van der Waals surface area contributed by atoms with Crippen LogP contribution in [0.1, 0.15) is 32.1 Å². The van der Waals surface area contributed by atoms with Crippen LogP contribution in [0.5, 0.6) is 0 Å². The van der Waals surface area contributed by atoms with Gasteiger partial charge in [-0.25, -0.2) is 0 Å². The van der Waals surface area contributed by atoms with Gasteiger partial charge in [-0.1, -0.05) is 0 Å². The molecule has 1 atom stereocenters. The lowest BCUT2D eigenvalue weighted by Crippen LogP contribution is -2.40. The fraction of sp³-hybridized carbons (Fsp3) is 0.917. The molecule has 0 aromatic carbocycles. The molecule has 1 aliphatic carbocycles. The molecule has 0 aromatic rings. The second kappa shape index (κ2) is 5.15. The minimum absolute atomic E-state index is 0.0387. The summed E-state index contributed by atoms with van der Waals surface area (Å²) in [6.45, 7) is 1.80. The highest BCUT2D eigenvalue weighted by atomic mass is 16.3. The van der Waals surface area contributed by atoms with E-state index in [9.17, 15) is 9.90 Å². The van der Waals surface area contributed by atoms with E-state index in [2.05, 4.69) is 5.32 Å². The summed E-state index contributed by atoms with van der Waals surface area (Å²) in [6.07, 6.45) is 4.87. The second-order valence-corrected chi connectivity index (χ2v) is 5.18. The van der Waals surface area contributed by atoms with E-state index in [-0.39, 0.29) is 18.1 Å². The predicted octanol–water partition coefficient (Wildman–Crippen LogP) is 0.358. The lowest BCUT2D eigenvalue weighted by Gasteiger charge is -2.26. The summed E-state index contributed by atoms with van der Waals surface area (Å²) in [7, 11) is 1.86. The molecule has 2 aliphatic rings. The molecular weight excluding hydrogens is 204 g/mol. The Morgan fingerprint density at radius 3 is 2.56 bits per heavy atom. The first-order valence-corrected chi connectivity index (χ1v) is 6.33. The van der Waals surface area contributed by atoms with Crippen LogP contribution in [0.25, 0.3) is 0 Å². The van der Waals surface area contributed by atoms with Crippen molar-refractivity contribution >= 4 is 5.91 Å². The number of amides is 1. The number of nitrogens with one attached hydrogen (secondary N) is 1. The molecule has 0 aromatic heterocycles. The first-order chi connectivity index (χ1) is 7.66. The number of likely N-dealkylation sites (N-methyl/N-ethyl adjacent to an activating group) is 1. The summed E-state index contributed by atoms with van der Waals surface area (Å²) in [6, 6.07) is 0.0387. The largest absolute Gasteiger partial charge is 0.393 e. The number of hydrogen-bond donors (Lipinski definition) is 2. The van der Waals surface area contributed by atoms with Gasteiger partial charge in [0, 0.05) is 13.6 Å². The van der Waals surface area contributed by atoms with Gasteiger partial charge in [0.25, 0.3) is 0 Å². The topological polar surface area (TPSA) is 52.6 Å². The lowest BCUT2D eigenvalue weighted by molar-refractivity contribution is -0.128. The minimum atomic E-state index is -0.0875. The van der Waals surface area contributed by atoms with E-state index < -0.39 is 0 Å². The van der Waals surface area contributed by atoms with Crippen molar-refractivity contribution < 1.29 is 9.90 Å². The molecule has 4 heteroatoms. The van der Waals surface area contributed by atoms with Crippen molar-refractivity contribution in [2.24, 2.45) is 5.92 Å². The van der Waals surface area contributed by atoms with Crippen molar-refractivity contribution in [2.45, 2.75) is 44.2 Å². The highest BCUT2D eigenvalue weighted by molar-refractivity contribution is 5.83. The van der Waals surface area contributed by atoms with Crippen molar-refractivity contribution in [3.63, 3.8) is 0 Å². The molecular formula is C12H22N2O2. The number of hydrogen-bond acceptors (Lipinski definition) is 3. The molecule has 1 aliphatic heterocycles. The van der Waals surface area contributed by atoms with E-state index >= 15 is 0 Å². The van der Waals surface area contributed by atoms with Crippen molar-refractivity contribution in [2.75, 3.05) is 20.1 Å². The lowest BCUT2D eigenvalue weighted by atomic mass is 9.87. The highest BCUT2D eigenvalue weighted by Gasteiger charge is 2.29. The third-order valence-electron chi connectivity index (χ3n) is 3.90. The van der Waals surface area contributed by atoms with E-state index in [4.69, 9.17) is 0 Å². The van der Waals surface area contributed by atoms with E-state index in [1.165, 1.54) is 0 Å². The Morgan fingerprint density at radius 2 is 2.00 bits per heavy atom. The van der Waals surface area contributed by atoms with Crippen LogP contribution in [0.2, 0.25) is 0 Å². The molecule has 2 N–H and O–H groups in total. The first kappa shape index (κ1) is 11.9. The number of carbonyl (C=O) groups excluding carboxylic acids is 1. The summed E-state index contributed by atoms with van der Waals surface area (Å²) < 4.78 is 0. The minimum Gasteiger partial charge on any atom is -0.393 e. The summed E-state index contributed by atoms with van der Waals surface area (Å²) in [5.41, 5.74) is 0. The Hall–Kier alpha value is -0.610. The number of aliphatic hydroxyl groups excluding tert-OH is 1. The number of carbonyl (C=O) groups is 1. The monoisotopic (exact) mass is 226 g/mol. The van der Waals surface area contributed by atoms with Crippen molar-refractivity contribution in [1.82, 2.24) is 10.2 Å². The van der Waals surface area contributed by atoms with E-state index in [1.807, 2.05) is 7.05 Å². The quantitative estimate of drug-likeness (QED) is 0.730. The van der Waals surface area contributed by atoms with Crippen molar-refractivity contribution in [3.05, 3.63) is 0 Å². The van der Waals surface area contributed by atoms with Gasteiger partial charge in [0.05, 0.1) is 12.1 Å². The molecule has 1 saturated carbocycles. The Kier molecular flexibility index (Phi) is 3.82. The standard InChI is InChI=1S/C12H22N2O2/c1-14-7-6-11(12(14)16)13-8-9-2-4-10(15)5-3-9/h9-11,13,15H,2-8H2,1H3. The van der Waals surface area contributed by atoms with Crippen LogP contribution in [-0.4, -0.2) is 48.2 Å².